The third kappa shape index (κ3) is 3.78. The maximum Gasteiger partial charge on any atom is 0.219 e. The molecule has 4 rings (SSSR count). The van der Waals surface area contributed by atoms with E-state index in [2.05, 4.69) is 10.2 Å². The zero-order valence-electron chi connectivity index (χ0n) is 15.8. The summed E-state index contributed by atoms with van der Waals surface area (Å²) in [6.45, 7) is 6.04. The van der Waals surface area contributed by atoms with Crippen LogP contribution in [0.4, 0.5) is 0 Å². The Morgan fingerprint density at radius 2 is 1.88 bits per heavy atom. The van der Waals surface area contributed by atoms with Crippen molar-refractivity contribution in [2.45, 2.75) is 69.6 Å². The summed E-state index contributed by atoms with van der Waals surface area (Å²) in [5.41, 5.74) is 0. The highest BCUT2D eigenvalue weighted by Gasteiger charge is 2.52. The van der Waals surface area contributed by atoms with E-state index < -0.39 is 6.10 Å². The van der Waals surface area contributed by atoms with Gasteiger partial charge in [-0.05, 0) is 25.3 Å². The lowest BCUT2D eigenvalue weighted by Gasteiger charge is -2.46. The van der Waals surface area contributed by atoms with E-state index in [-0.39, 0.29) is 30.4 Å². The summed E-state index contributed by atoms with van der Waals surface area (Å²) >= 11 is 0. The lowest BCUT2D eigenvalue weighted by Crippen LogP contribution is -2.67. The van der Waals surface area contributed by atoms with E-state index in [4.69, 9.17) is 9.47 Å². The lowest BCUT2D eigenvalue weighted by molar-refractivity contribution is -0.187. The number of aliphatic hydroxyl groups excluding tert-OH is 1. The second-order valence-corrected chi connectivity index (χ2v) is 8.34. The van der Waals surface area contributed by atoms with Crippen molar-refractivity contribution in [3.63, 3.8) is 0 Å². The van der Waals surface area contributed by atoms with Crippen LogP contribution in [0.2, 0.25) is 0 Å². The van der Waals surface area contributed by atoms with Crippen molar-refractivity contribution >= 4 is 5.91 Å². The van der Waals surface area contributed by atoms with Crippen LogP contribution in [0.5, 0.6) is 0 Å². The molecule has 0 unspecified atom stereocenters. The third-order valence-electron chi connectivity index (χ3n) is 6.68. The quantitative estimate of drug-likeness (QED) is 0.738. The van der Waals surface area contributed by atoms with E-state index in [0.717, 1.165) is 19.6 Å². The van der Waals surface area contributed by atoms with Crippen LogP contribution in [0.25, 0.3) is 0 Å². The van der Waals surface area contributed by atoms with Gasteiger partial charge in [0.2, 0.25) is 5.91 Å². The van der Waals surface area contributed by atoms with E-state index in [0.29, 0.717) is 25.6 Å². The van der Waals surface area contributed by atoms with Gasteiger partial charge in [-0.1, -0.05) is 19.3 Å². The summed E-state index contributed by atoms with van der Waals surface area (Å²) in [6, 6.07) is -0.238. The number of amides is 1. The van der Waals surface area contributed by atoms with Gasteiger partial charge in [-0.3, -0.25) is 9.69 Å². The zero-order chi connectivity index (χ0) is 18.1. The average Bonchev–Trinajstić information content (AvgIpc) is 3.08. The monoisotopic (exact) mass is 367 g/mol. The second-order valence-electron chi connectivity index (χ2n) is 8.34. The molecule has 1 amide bonds. The molecule has 4 fully saturated rings. The van der Waals surface area contributed by atoms with Crippen LogP contribution in [0.15, 0.2) is 0 Å². The van der Waals surface area contributed by atoms with Gasteiger partial charge in [0.1, 0.15) is 6.10 Å². The molecule has 0 aromatic carbocycles. The van der Waals surface area contributed by atoms with Crippen molar-refractivity contribution in [1.82, 2.24) is 15.1 Å². The number of fused-ring (bicyclic) bond motifs is 2. The Kier molecular flexibility index (Phi) is 5.81. The van der Waals surface area contributed by atoms with Gasteiger partial charge in [0.15, 0.2) is 6.29 Å². The largest absolute Gasteiger partial charge is 0.390 e. The highest BCUT2D eigenvalue weighted by atomic mass is 16.7. The summed E-state index contributed by atoms with van der Waals surface area (Å²) in [7, 11) is 0. The predicted octanol–water partition coefficient (Wildman–Crippen LogP) is 0.174. The molecule has 148 valence electrons. The minimum atomic E-state index is -0.506. The predicted molar refractivity (Wildman–Crippen MR) is 96.6 cm³/mol. The van der Waals surface area contributed by atoms with E-state index in [1.807, 2.05) is 4.90 Å². The molecule has 7 nitrogen and oxygen atoms in total. The number of carbonyl (C=O) groups is 1. The maximum absolute atomic E-state index is 11.6. The molecule has 0 aromatic rings. The van der Waals surface area contributed by atoms with Gasteiger partial charge in [0.25, 0.3) is 0 Å². The molecule has 1 aliphatic carbocycles. The maximum atomic E-state index is 11.6. The standard InChI is InChI=1S/C19H33N3O4/c1-13(23)21-7-9-22(10-8-21)17-18(24)16(15-12-25-19(17)26-15)20-11-14-5-3-2-4-6-14/h14-20,24H,2-12H2,1H3/t15-,16-,17-,18+,19-/m1/s1. The topological polar surface area (TPSA) is 74.3 Å². The van der Waals surface area contributed by atoms with Crippen molar-refractivity contribution in [2.75, 3.05) is 39.3 Å². The van der Waals surface area contributed by atoms with Crippen LogP contribution in [-0.2, 0) is 14.3 Å². The number of nitrogens with one attached hydrogen (secondary N) is 1. The molecule has 3 aliphatic heterocycles. The molecule has 4 aliphatic rings. The van der Waals surface area contributed by atoms with Crippen LogP contribution < -0.4 is 5.32 Å². The Balaban J connectivity index is 1.37. The molecule has 3 saturated heterocycles. The smallest absolute Gasteiger partial charge is 0.219 e. The molecule has 2 N–H and O–H groups in total. The first-order valence-corrected chi connectivity index (χ1v) is 10.3. The van der Waals surface area contributed by atoms with Crippen molar-refractivity contribution in [1.29, 1.82) is 0 Å². The Morgan fingerprint density at radius 1 is 1.15 bits per heavy atom. The van der Waals surface area contributed by atoms with Crippen LogP contribution >= 0.6 is 0 Å². The van der Waals surface area contributed by atoms with E-state index >= 15 is 0 Å². The fourth-order valence-corrected chi connectivity index (χ4v) is 5.07. The van der Waals surface area contributed by atoms with Gasteiger partial charge in [-0.15, -0.1) is 0 Å². The van der Waals surface area contributed by atoms with Gasteiger partial charge >= 0.3 is 0 Å². The fourth-order valence-electron chi connectivity index (χ4n) is 5.07. The van der Waals surface area contributed by atoms with Gasteiger partial charge in [0.05, 0.1) is 24.8 Å². The molecule has 0 radical (unpaired) electrons. The number of hydrogen-bond acceptors (Lipinski definition) is 6. The van der Waals surface area contributed by atoms with Gasteiger partial charge in [-0.25, -0.2) is 0 Å². The van der Waals surface area contributed by atoms with Crippen molar-refractivity contribution < 1.29 is 19.4 Å². The molecule has 3 heterocycles. The SMILES string of the molecule is CC(=O)N1CCN([C@H]2[C@@H]3OC[C@@H](O3)[C@@H](NCC3CCCCC3)[C@@H]2O)CC1. The molecular weight excluding hydrogens is 334 g/mol. The number of nitrogens with zero attached hydrogens (tertiary/aromatic N) is 2. The van der Waals surface area contributed by atoms with Gasteiger partial charge in [0, 0.05) is 33.1 Å². The minimum absolute atomic E-state index is 0.0617. The first kappa shape index (κ1) is 18.6. The summed E-state index contributed by atoms with van der Waals surface area (Å²) in [5, 5.41) is 14.7. The molecule has 5 atom stereocenters. The Hall–Kier alpha value is -0.730. The Morgan fingerprint density at radius 3 is 2.58 bits per heavy atom. The van der Waals surface area contributed by atoms with Gasteiger partial charge < -0.3 is 24.8 Å². The molecule has 7 heteroatoms. The minimum Gasteiger partial charge on any atom is -0.390 e. The highest BCUT2D eigenvalue weighted by molar-refractivity contribution is 5.73. The van der Waals surface area contributed by atoms with Crippen LogP contribution in [-0.4, -0.2) is 90.7 Å². The lowest BCUT2D eigenvalue weighted by atomic mass is 9.88. The molecule has 1 saturated carbocycles. The number of carbonyl (C=O) groups excluding carboxylic acids is 1. The van der Waals surface area contributed by atoms with Crippen LogP contribution in [0, 0.1) is 5.92 Å². The number of rotatable bonds is 4. The fraction of sp³-hybridized carbons (Fsp3) is 0.947. The number of hydrogen-bond donors (Lipinski definition) is 2. The van der Waals surface area contributed by atoms with Crippen molar-refractivity contribution in [3.05, 3.63) is 0 Å². The first-order chi connectivity index (χ1) is 12.6. The van der Waals surface area contributed by atoms with Crippen LogP contribution in [0.3, 0.4) is 0 Å². The number of ether oxygens (including phenoxy) is 2. The average molecular weight is 367 g/mol. The summed E-state index contributed by atoms with van der Waals surface area (Å²) in [5.74, 6) is 0.836. The highest BCUT2D eigenvalue weighted by Crippen LogP contribution is 2.32. The van der Waals surface area contributed by atoms with E-state index in [1.54, 1.807) is 6.92 Å². The van der Waals surface area contributed by atoms with E-state index in [1.165, 1.54) is 32.1 Å². The summed E-state index contributed by atoms with van der Waals surface area (Å²) in [6.07, 6.45) is 5.67. The first-order valence-electron chi connectivity index (χ1n) is 10.3. The summed E-state index contributed by atoms with van der Waals surface area (Å²) < 4.78 is 12.0. The normalized spacial score (nSPS) is 39.3. The molecular formula is C19H33N3O4. The number of aliphatic hydroxyl groups is 1. The molecule has 26 heavy (non-hydrogen) atoms. The molecule has 0 aromatic heterocycles. The second kappa shape index (κ2) is 8.10. The zero-order valence-corrected chi connectivity index (χ0v) is 15.8. The Labute approximate surface area is 156 Å². The van der Waals surface area contributed by atoms with Crippen molar-refractivity contribution in [2.24, 2.45) is 5.92 Å². The summed E-state index contributed by atoms with van der Waals surface area (Å²) in [4.78, 5) is 15.7. The molecule has 0 spiro atoms. The molecule has 2 bridgehead atoms. The van der Waals surface area contributed by atoms with E-state index in [9.17, 15) is 9.90 Å². The van der Waals surface area contributed by atoms with Crippen LogP contribution in [0.1, 0.15) is 39.0 Å². The van der Waals surface area contributed by atoms with Gasteiger partial charge in [-0.2, -0.15) is 0 Å². The number of piperazine rings is 1. The van der Waals surface area contributed by atoms with Crippen molar-refractivity contribution in [3.8, 4) is 0 Å². The Bertz CT molecular complexity index is 491. The third-order valence-corrected chi connectivity index (χ3v) is 6.68.